The van der Waals surface area contributed by atoms with E-state index in [4.69, 9.17) is 5.73 Å². The lowest BCUT2D eigenvalue weighted by Crippen LogP contribution is -2.53. The molecule has 0 fully saturated rings. The van der Waals surface area contributed by atoms with Crippen molar-refractivity contribution in [1.29, 1.82) is 0 Å². The first-order chi connectivity index (χ1) is 16.2. The monoisotopic (exact) mass is 469 g/mol. The van der Waals surface area contributed by atoms with Crippen molar-refractivity contribution < 1.29 is 24.3 Å². The average molecular weight is 470 g/mol. The summed E-state index contributed by atoms with van der Waals surface area (Å²) < 4.78 is 0. The predicted octanol–water partition coefficient (Wildman–Crippen LogP) is -0.806. The lowest BCUT2D eigenvalue weighted by Gasteiger charge is -2.19. The molecule has 3 rings (SSSR count). The molecule has 12 nitrogen and oxygen atoms in total. The van der Waals surface area contributed by atoms with Gasteiger partial charge in [0.05, 0.1) is 18.9 Å². The molecule has 0 saturated carbocycles. The van der Waals surface area contributed by atoms with Crippen LogP contribution in [0.3, 0.4) is 0 Å². The first-order valence-corrected chi connectivity index (χ1v) is 10.6. The second-order valence-electron chi connectivity index (χ2n) is 7.86. The topological polar surface area (TPSA) is 195 Å². The van der Waals surface area contributed by atoms with Gasteiger partial charge in [-0.15, -0.1) is 0 Å². The smallest absolute Gasteiger partial charge is 0.326 e. The minimum atomic E-state index is -1.22. The number of amides is 3. The molecule has 0 aliphatic heterocycles. The summed E-state index contributed by atoms with van der Waals surface area (Å²) in [5.74, 6) is -3.03. The molecule has 8 N–H and O–H groups in total. The van der Waals surface area contributed by atoms with Crippen molar-refractivity contribution in [2.45, 2.75) is 37.9 Å². The highest BCUT2D eigenvalue weighted by Gasteiger charge is 2.25. The number of carboxylic acid groups (broad SMARTS) is 1. The number of hydrogen-bond donors (Lipinski definition) is 7. The van der Waals surface area contributed by atoms with E-state index in [9.17, 15) is 24.3 Å². The number of aromatic nitrogens is 3. The molecule has 2 heterocycles. The number of para-hydroxylation sites is 1. The molecular weight excluding hydrogens is 442 g/mol. The molecule has 2 aromatic heterocycles. The Kier molecular flexibility index (Phi) is 7.98. The van der Waals surface area contributed by atoms with E-state index in [-0.39, 0.29) is 19.4 Å². The number of carboxylic acids is 1. The summed E-state index contributed by atoms with van der Waals surface area (Å²) in [5, 5.41) is 17.5. The van der Waals surface area contributed by atoms with Crippen LogP contribution in [-0.4, -0.2) is 68.4 Å². The van der Waals surface area contributed by atoms with Crippen LogP contribution < -0.4 is 21.7 Å². The largest absolute Gasteiger partial charge is 0.480 e. The molecule has 3 amide bonds. The van der Waals surface area contributed by atoms with Gasteiger partial charge in [-0.3, -0.25) is 14.4 Å². The van der Waals surface area contributed by atoms with Crippen LogP contribution in [0.1, 0.15) is 18.2 Å². The Morgan fingerprint density at radius 3 is 2.56 bits per heavy atom. The molecule has 3 atom stereocenters. The predicted molar refractivity (Wildman–Crippen MR) is 122 cm³/mol. The van der Waals surface area contributed by atoms with E-state index in [0.29, 0.717) is 5.69 Å². The fraction of sp³-hybridized carbons (Fsp3) is 0.318. The SMILES string of the molecule is CC(NC(=O)CNC(=O)C(N)Cc1c[nH]c2ccccc12)C(=O)NC(Cc1cnc[nH]1)C(=O)O. The Labute approximate surface area is 194 Å². The summed E-state index contributed by atoms with van der Waals surface area (Å²) >= 11 is 0. The number of rotatable bonds is 11. The van der Waals surface area contributed by atoms with Gasteiger partial charge in [0.2, 0.25) is 17.7 Å². The zero-order valence-electron chi connectivity index (χ0n) is 18.5. The number of H-pyrrole nitrogens is 2. The van der Waals surface area contributed by atoms with Gasteiger partial charge in [0, 0.05) is 35.4 Å². The first-order valence-electron chi connectivity index (χ1n) is 10.6. The van der Waals surface area contributed by atoms with E-state index in [2.05, 4.69) is 30.9 Å². The second kappa shape index (κ2) is 11.1. The molecular formula is C22H27N7O5. The molecule has 0 aliphatic carbocycles. The van der Waals surface area contributed by atoms with Crippen LogP contribution in [0.15, 0.2) is 43.0 Å². The van der Waals surface area contributed by atoms with Crippen LogP contribution in [0.5, 0.6) is 0 Å². The summed E-state index contributed by atoms with van der Waals surface area (Å²) in [5.41, 5.74) is 8.35. The molecule has 0 radical (unpaired) electrons. The van der Waals surface area contributed by atoms with Gasteiger partial charge in [0.1, 0.15) is 12.1 Å². The Morgan fingerprint density at radius 2 is 1.85 bits per heavy atom. The maximum Gasteiger partial charge on any atom is 0.326 e. The second-order valence-corrected chi connectivity index (χ2v) is 7.86. The van der Waals surface area contributed by atoms with Gasteiger partial charge in [0.15, 0.2) is 0 Å². The summed E-state index contributed by atoms with van der Waals surface area (Å²) in [6, 6.07) is 4.55. The number of benzene rings is 1. The minimum absolute atomic E-state index is 0.00607. The van der Waals surface area contributed by atoms with E-state index >= 15 is 0 Å². The number of aromatic amines is 2. The number of carbonyl (C=O) groups is 4. The molecule has 3 unspecified atom stereocenters. The first kappa shape index (κ1) is 24.5. The molecule has 0 bridgehead atoms. The third kappa shape index (κ3) is 6.42. The number of nitrogens with one attached hydrogen (secondary N) is 5. The molecule has 0 spiro atoms. The number of carbonyl (C=O) groups excluding carboxylic acids is 3. The van der Waals surface area contributed by atoms with E-state index in [1.165, 1.54) is 19.4 Å². The highest BCUT2D eigenvalue weighted by molar-refractivity contribution is 5.92. The highest BCUT2D eigenvalue weighted by atomic mass is 16.4. The van der Waals surface area contributed by atoms with Gasteiger partial charge in [0.25, 0.3) is 0 Å². The van der Waals surface area contributed by atoms with Crippen molar-refractivity contribution in [3.8, 4) is 0 Å². The molecule has 3 aromatic rings. The minimum Gasteiger partial charge on any atom is -0.480 e. The van der Waals surface area contributed by atoms with Crippen molar-refractivity contribution in [2.75, 3.05) is 6.54 Å². The fourth-order valence-electron chi connectivity index (χ4n) is 3.40. The Hall–Kier alpha value is -4.19. The molecule has 34 heavy (non-hydrogen) atoms. The lowest BCUT2D eigenvalue weighted by atomic mass is 10.1. The number of aliphatic carboxylic acids is 1. The van der Waals surface area contributed by atoms with Gasteiger partial charge >= 0.3 is 5.97 Å². The molecule has 0 saturated heterocycles. The van der Waals surface area contributed by atoms with Crippen LogP contribution in [0.25, 0.3) is 10.9 Å². The highest BCUT2D eigenvalue weighted by Crippen LogP contribution is 2.18. The third-order valence-electron chi connectivity index (χ3n) is 5.24. The number of hydrogen-bond acceptors (Lipinski definition) is 6. The van der Waals surface area contributed by atoms with Crippen molar-refractivity contribution in [3.63, 3.8) is 0 Å². The average Bonchev–Trinajstić information content (AvgIpc) is 3.47. The summed E-state index contributed by atoms with van der Waals surface area (Å²) in [7, 11) is 0. The van der Waals surface area contributed by atoms with E-state index in [1.807, 2.05) is 24.3 Å². The standard InChI is InChI=1S/C22H27N7O5/c1-12(20(31)29-18(22(33)34)7-14-9-24-11-27-14)28-19(30)10-26-21(32)16(23)6-13-8-25-17-5-3-2-4-15(13)17/h2-5,8-9,11-12,16,18,25H,6-7,10,23H2,1H3,(H,24,27)(H,26,32)(H,28,30)(H,29,31)(H,33,34). The Morgan fingerprint density at radius 1 is 1.09 bits per heavy atom. The summed E-state index contributed by atoms with van der Waals surface area (Å²) in [6.07, 6.45) is 4.94. The van der Waals surface area contributed by atoms with Crippen molar-refractivity contribution in [1.82, 2.24) is 30.9 Å². The fourth-order valence-corrected chi connectivity index (χ4v) is 3.40. The summed E-state index contributed by atoms with van der Waals surface area (Å²) in [4.78, 5) is 57.9. The number of nitrogens with zero attached hydrogens (tertiary/aromatic N) is 1. The number of imidazole rings is 1. The Bertz CT molecular complexity index is 1160. The van der Waals surface area contributed by atoms with E-state index in [1.54, 1.807) is 6.20 Å². The van der Waals surface area contributed by atoms with Crippen molar-refractivity contribution >= 4 is 34.6 Å². The van der Waals surface area contributed by atoms with Gasteiger partial charge in [-0.05, 0) is 25.0 Å². The third-order valence-corrected chi connectivity index (χ3v) is 5.24. The number of nitrogens with two attached hydrogens (primary N) is 1. The molecule has 1 aromatic carbocycles. The van der Waals surface area contributed by atoms with Crippen LogP contribution in [0.2, 0.25) is 0 Å². The van der Waals surface area contributed by atoms with Crippen LogP contribution in [0, 0.1) is 0 Å². The maximum absolute atomic E-state index is 12.3. The normalized spacial score (nSPS) is 13.6. The number of fused-ring (bicyclic) bond motifs is 1. The van der Waals surface area contributed by atoms with Gasteiger partial charge in [-0.2, -0.15) is 0 Å². The van der Waals surface area contributed by atoms with E-state index < -0.39 is 41.8 Å². The quantitative estimate of drug-likeness (QED) is 0.191. The van der Waals surface area contributed by atoms with Crippen molar-refractivity contribution in [3.05, 3.63) is 54.2 Å². The zero-order valence-corrected chi connectivity index (χ0v) is 18.5. The van der Waals surface area contributed by atoms with Gasteiger partial charge in [-0.25, -0.2) is 9.78 Å². The van der Waals surface area contributed by atoms with Gasteiger partial charge in [-0.1, -0.05) is 18.2 Å². The molecule has 0 aliphatic rings. The van der Waals surface area contributed by atoms with Gasteiger partial charge < -0.3 is 36.8 Å². The molecule has 180 valence electrons. The van der Waals surface area contributed by atoms with Crippen LogP contribution in [0.4, 0.5) is 0 Å². The maximum atomic E-state index is 12.3. The van der Waals surface area contributed by atoms with Crippen LogP contribution >= 0.6 is 0 Å². The lowest BCUT2D eigenvalue weighted by molar-refractivity contribution is -0.142. The zero-order chi connectivity index (χ0) is 24.7. The van der Waals surface area contributed by atoms with E-state index in [0.717, 1.165) is 16.5 Å². The molecule has 12 heteroatoms. The van der Waals surface area contributed by atoms with Crippen LogP contribution in [-0.2, 0) is 32.0 Å². The van der Waals surface area contributed by atoms with Crippen molar-refractivity contribution in [2.24, 2.45) is 5.73 Å². The summed E-state index contributed by atoms with van der Waals surface area (Å²) in [6.45, 7) is 1.03. The Balaban J connectivity index is 1.44.